The zero-order valence-electron chi connectivity index (χ0n) is 12.9. The van der Waals surface area contributed by atoms with Gasteiger partial charge < -0.3 is 15.4 Å². The van der Waals surface area contributed by atoms with E-state index in [9.17, 15) is 9.59 Å². The average Bonchev–Trinajstić information content (AvgIpc) is 2.54. The highest BCUT2D eigenvalue weighted by Gasteiger charge is 2.12. The summed E-state index contributed by atoms with van der Waals surface area (Å²) >= 11 is 0. The Morgan fingerprint density at radius 1 is 1.04 bits per heavy atom. The Hall–Kier alpha value is -2.82. The number of fused-ring (bicyclic) bond motifs is 1. The van der Waals surface area contributed by atoms with Gasteiger partial charge in [-0.3, -0.25) is 9.59 Å². The number of amides is 2. The molecule has 5 nitrogen and oxygen atoms in total. The van der Waals surface area contributed by atoms with E-state index in [2.05, 4.69) is 10.6 Å². The third kappa shape index (κ3) is 3.69. The second kappa shape index (κ2) is 6.52. The standard InChI is InChI=1S/C18H18N2O3/c1-12(21)19-15-6-2-4-14(11-15)18(22)20-16-7-8-17-13(10-16)5-3-9-23-17/h2,4,6-8,10-11H,3,5,9H2,1H3,(H,19,21)(H,20,22). The molecule has 2 aromatic rings. The number of ether oxygens (including phenoxy) is 1. The lowest BCUT2D eigenvalue weighted by Gasteiger charge is -2.18. The van der Waals surface area contributed by atoms with E-state index in [4.69, 9.17) is 4.74 Å². The van der Waals surface area contributed by atoms with E-state index < -0.39 is 0 Å². The van der Waals surface area contributed by atoms with Crippen LogP contribution in [0.1, 0.15) is 29.3 Å². The maximum Gasteiger partial charge on any atom is 0.255 e. The van der Waals surface area contributed by atoms with Crippen LogP contribution >= 0.6 is 0 Å². The first-order chi connectivity index (χ1) is 11.1. The summed E-state index contributed by atoms with van der Waals surface area (Å²) < 4.78 is 5.57. The number of benzene rings is 2. The molecule has 0 radical (unpaired) electrons. The molecule has 5 heteroatoms. The van der Waals surface area contributed by atoms with Gasteiger partial charge in [0.15, 0.2) is 0 Å². The molecule has 2 aromatic carbocycles. The van der Waals surface area contributed by atoms with Crippen molar-refractivity contribution in [2.45, 2.75) is 19.8 Å². The molecule has 0 fully saturated rings. The second-order valence-electron chi connectivity index (χ2n) is 5.49. The van der Waals surface area contributed by atoms with E-state index in [0.29, 0.717) is 11.3 Å². The number of hydrogen-bond acceptors (Lipinski definition) is 3. The Balaban J connectivity index is 1.75. The molecular formula is C18H18N2O3. The van der Waals surface area contributed by atoms with Gasteiger partial charge in [-0.1, -0.05) is 6.07 Å². The summed E-state index contributed by atoms with van der Waals surface area (Å²) in [6.07, 6.45) is 1.94. The van der Waals surface area contributed by atoms with Gasteiger partial charge in [0.2, 0.25) is 5.91 Å². The van der Waals surface area contributed by atoms with Crippen molar-refractivity contribution in [1.29, 1.82) is 0 Å². The first-order valence-corrected chi connectivity index (χ1v) is 7.56. The van der Waals surface area contributed by atoms with Crippen LogP contribution in [0.2, 0.25) is 0 Å². The number of nitrogens with one attached hydrogen (secondary N) is 2. The normalized spacial score (nSPS) is 12.7. The number of hydrogen-bond donors (Lipinski definition) is 2. The van der Waals surface area contributed by atoms with Crippen LogP contribution in [0.5, 0.6) is 5.75 Å². The molecule has 0 spiro atoms. The highest BCUT2D eigenvalue weighted by Crippen LogP contribution is 2.27. The van der Waals surface area contributed by atoms with Gasteiger partial charge in [0.05, 0.1) is 6.61 Å². The van der Waals surface area contributed by atoms with Gasteiger partial charge in [-0.15, -0.1) is 0 Å². The number of carbonyl (C=O) groups excluding carboxylic acids is 2. The molecule has 23 heavy (non-hydrogen) atoms. The zero-order chi connectivity index (χ0) is 16.2. The summed E-state index contributed by atoms with van der Waals surface area (Å²) in [6, 6.07) is 12.5. The minimum absolute atomic E-state index is 0.169. The molecule has 0 atom stereocenters. The molecule has 0 unspecified atom stereocenters. The minimum atomic E-state index is -0.214. The number of rotatable bonds is 3. The second-order valence-corrected chi connectivity index (χ2v) is 5.49. The fraction of sp³-hybridized carbons (Fsp3) is 0.222. The summed E-state index contributed by atoms with van der Waals surface area (Å²) in [5, 5.41) is 5.55. The van der Waals surface area contributed by atoms with Crippen LogP contribution in [0.4, 0.5) is 11.4 Å². The Kier molecular flexibility index (Phi) is 4.28. The van der Waals surface area contributed by atoms with Gasteiger partial charge in [-0.2, -0.15) is 0 Å². The molecule has 0 aromatic heterocycles. The van der Waals surface area contributed by atoms with Crippen molar-refractivity contribution >= 4 is 23.2 Å². The first-order valence-electron chi connectivity index (χ1n) is 7.56. The maximum absolute atomic E-state index is 12.4. The Bertz CT molecular complexity index is 756. The van der Waals surface area contributed by atoms with Crippen LogP contribution in [-0.4, -0.2) is 18.4 Å². The van der Waals surface area contributed by atoms with Crippen molar-refractivity contribution in [2.75, 3.05) is 17.2 Å². The Labute approximate surface area is 134 Å². The minimum Gasteiger partial charge on any atom is -0.493 e. The molecule has 0 saturated carbocycles. The first kappa shape index (κ1) is 15.1. The smallest absolute Gasteiger partial charge is 0.255 e. The van der Waals surface area contributed by atoms with E-state index in [1.807, 2.05) is 18.2 Å². The Morgan fingerprint density at radius 2 is 1.87 bits per heavy atom. The van der Waals surface area contributed by atoms with Crippen LogP contribution in [0.25, 0.3) is 0 Å². The van der Waals surface area contributed by atoms with E-state index in [1.54, 1.807) is 24.3 Å². The third-order valence-corrected chi connectivity index (χ3v) is 3.61. The van der Waals surface area contributed by atoms with Crippen LogP contribution in [0, 0.1) is 0 Å². The third-order valence-electron chi connectivity index (χ3n) is 3.61. The van der Waals surface area contributed by atoms with Crippen molar-refractivity contribution in [3.63, 3.8) is 0 Å². The molecule has 1 aliphatic rings. The zero-order valence-corrected chi connectivity index (χ0v) is 12.9. The number of carbonyl (C=O) groups is 2. The Morgan fingerprint density at radius 3 is 2.70 bits per heavy atom. The fourth-order valence-corrected chi connectivity index (χ4v) is 2.58. The van der Waals surface area contributed by atoms with Crippen molar-refractivity contribution in [2.24, 2.45) is 0 Å². The summed E-state index contributed by atoms with van der Waals surface area (Å²) in [6.45, 7) is 2.18. The average molecular weight is 310 g/mol. The molecule has 1 heterocycles. The summed E-state index contributed by atoms with van der Waals surface area (Å²) in [7, 11) is 0. The van der Waals surface area contributed by atoms with E-state index >= 15 is 0 Å². The fourth-order valence-electron chi connectivity index (χ4n) is 2.58. The predicted molar refractivity (Wildman–Crippen MR) is 89.0 cm³/mol. The monoisotopic (exact) mass is 310 g/mol. The molecule has 118 valence electrons. The van der Waals surface area contributed by atoms with Crippen molar-refractivity contribution < 1.29 is 14.3 Å². The van der Waals surface area contributed by atoms with Gasteiger partial charge in [0.25, 0.3) is 5.91 Å². The van der Waals surface area contributed by atoms with Crippen LogP contribution in [0.3, 0.4) is 0 Å². The lowest BCUT2D eigenvalue weighted by atomic mass is 10.1. The lowest BCUT2D eigenvalue weighted by molar-refractivity contribution is -0.114. The lowest BCUT2D eigenvalue weighted by Crippen LogP contribution is -2.14. The van der Waals surface area contributed by atoms with Crippen molar-refractivity contribution in [1.82, 2.24) is 0 Å². The maximum atomic E-state index is 12.4. The quantitative estimate of drug-likeness (QED) is 0.914. The van der Waals surface area contributed by atoms with Crippen molar-refractivity contribution in [3.05, 3.63) is 53.6 Å². The van der Waals surface area contributed by atoms with Crippen LogP contribution in [0.15, 0.2) is 42.5 Å². The highest BCUT2D eigenvalue weighted by atomic mass is 16.5. The summed E-state index contributed by atoms with van der Waals surface area (Å²) in [5.41, 5.74) is 2.94. The number of aryl methyl sites for hydroxylation is 1. The molecule has 0 bridgehead atoms. The topological polar surface area (TPSA) is 67.4 Å². The molecule has 1 aliphatic heterocycles. The summed E-state index contributed by atoms with van der Waals surface area (Å²) in [5.74, 6) is 0.507. The molecule has 2 amide bonds. The van der Waals surface area contributed by atoms with Crippen molar-refractivity contribution in [3.8, 4) is 5.75 Å². The SMILES string of the molecule is CC(=O)Nc1cccc(C(=O)Nc2ccc3c(c2)CCCO3)c1. The molecule has 0 aliphatic carbocycles. The van der Waals surface area contributed by atoms with Crippen LogP contribution < -0.4 is 15.4 Å². The molecule has 3 rings (SSSR count). The number of anilines is 2. The molecule has 2 N–H and O–H groups in total. The highest BCUT2D eigenvalue weighted by molar-refractivity contribution is 6.05. The van der Waals surface area contributed by atoms with Gasteiger partial charge in [0.1, 0.15) is 5.75 Å². The van der Waals surface area contributed by atoms with Gasteiger partial charge in [0, 0.05) is 23.9 Å². The molecular weight excluding hydrogens is 292 g/mol. The van der Waals surface area contributed by atoms with Gasteiger partial charge >= 0.3 is 0 Å². The molecule has 0 saturated heterocycles. The van der Waals surface area contributed by atoms with Crippen LogP contribution in [-0.2, 0) is 11.2 Å². The summed E-state index contributed by atoms with van der Waals surface area (Å²) in [4.78, 5) is 23.5. The van der Waals surface area contributed by atoms with E-state index in [-0.39, 0.29) is 11.8 Å². The van der Waals surface area contributed by atoms with E-state index in [0.717, 1.165) is 36.4 Å². The van der Waals surface area contributed by atoms with E-state index in [1.165, 1.54) is 6.92 Å². The van der Waals surface area contributed by atoms with Gasteiger partial charge in [-0.05, 0) is 54.8 Å². The largest absolute Gasteiger partial charge is 0.493 e. The van der Waals surface area contributed by atoms with Gasteiger partial charge in [-0.25, -0.2) is 0 Å². The predicted octanol–water partition coefficient (Wildman–Crippen LogP) is 3.22.